The van der Waals surface area contributed by atoms with Crippen LogP contribution < -0.4 is 4.74 Å². The smallest absolute Gasteiger partial charge is 0.314 e. The number of hydrogen-bond donors (Lipinski definition) is 0. The Morgan fingerprint density at radius 3 is 2.47 bits per heavy atom. The first-order chi connectivity index (χ1) is 9.29. The number of unbranched alkanes of at least 4 members (excludes halogenated alkanes) is 1. The molecular weight excluding hydrogens is 236 g/mol. The third-order valence-corrected chi connectivity index (χ3v) is 4.11. The van der Waals surface area contributed by atoms with Crippen LogP contribution in [0.15, 0.2) is 30.3 Å². The second-order valence-electron chi connectivity index (χ2n) is 5.59. The molecule has 104 valence electrons. The van der Waals surface area contributed by atoms with Gasteiger partial charge in [0.2, 0.25) is 0 Å². The molecule has 1 aromatic carbocycles. The summed E-state index contributed by atoms with van der Waals surface area (Å²) in [6.45, 7) is 2.24. The molecule has 0 spiro atoms. The summed E-state index contributed by atoms with van der Waals surface area (Å²) in [7, 11) is 0. The lowest BCUT2D eigenvalue weighted by molar-refractivity contribution is -0.140. The van der Waals surface area contributed by atoms with E-state index < -0.39 is 0 Å². The number of para-hydroxylation sites is 1. The van der Waals surface area contributed by atoms with Gasteiger partial charge in [-0.2, -0.15) is 0 Å². The summed E-state index contributed by atoms with van der Waals surface area (Å²) < 4.78 is 5.43. The van der Waals surface area contributed by atoms with Crippen molar-refractivity contribution in [1.82, 2.24) is 0 Å². The fourth-order valence-corrected chi connectivity index (χ4v) is 2.87. The van der Waals surface area contributed by atoms with Crippen LogP contribution in [0.3, 0.4) is 0 Å². The van der Waals surface area contributed by atoms with E-state index in [2.05, 4.69) is 6.92 Å². The standard InChI is InChI=1S/C17H24O2/c1-2-3-7-14-10-12-15(13-11-14)17(18)19-16-8-5-4-6-9-16/h4-6,8-9,14-15H,2-3,7,10-13H2,1H3. The zero-order valence-corrected chi connectivity index (χ0v) is 11.8. The fraction of sp³-hybridized carbons (Fsp3) is 0.588. The molecule has 0 unspecified atom stereocenters. The second-order valence-corrected chi connectivity index (χ2v) is 5.59. The van der Waals surface area contributed by atoms with Crippen LogP contribution in [-0.2, 0) is 4.79 Å². The minimum absolute atomic E-state index is 0.0415. The molecular formula is C17H24O2. The number of ether oxygens (including phenoxy) is 1. The molecule has 0 heterocycles. The average molecular weight is 260 g/mol. The molecule has 0 saturated heterocycles. The van der Waals surface area contributed by atoms with E-state index in [9.17, 15) is 4.79 Å². The van der Waals surface area contributed by atoms with Gasteiger partial charge in [-0.05, 0) is 43.7 Å². The zero-order chi connectivity index (χ0) is 13.5. The first-order valence-corrected chi connectivity index (χ1v) is 7.56. The monoisotopic (exact) mass is 260 g/mol. The van der Waals surface area contributed by atoms with Crippen molar-refractivity contribution in [3.8, 4) is 5.75 Å². The summed E-state index contributed by atoms with van der Waals surface area (Å²) in [4.78, 5) is 12.1. The molecule has 19 heavy (non-hydrogen) atoms. The largest absolute Gasteiger partial charge is 0.426 e. The van der Waals surface area contributed by atoms with Gasteiger partial charge in [0, 0.05) is 0 Å². The minimum Gasteiger partial charge on any atom is -0.426 e. The Morgan fingerprint density at radius 1 is 1.16 bits per heavy atom. The summed E-state index contributed by atoms with van der Waals surface area (Å²) in [5, 5.41) is 0. The SMILES string of the molecule is CCCCC1CCC(C(=O)Oc2ccccc2)CC1. The van der Waals surface area contributed by atoms with Gasteiger partial charge in [0.25, 0.3) is 0 Å². The van der Waals surface area contributed by atoms with Crippen molar-refractivity contribution in [2.75, 3.05) is 0 Å². The number of rotatable bonds is 5. The van der Waals surface area contributed by atoms with Crippen LogP contribution in [0.25, 0.3) is 0 Å². The van der Waals surface area contributed by atoms with E-state index in [0.29, 0.717) is 5.75 Å². The van der Waals surface area contributed by atoms with Gasteiger partial charge in [0.1, 0.15) is 5.75 Å². The summed E-state index contributed by atoms with van der Waals surface area (Å²) >= 11 is 0. The normalized spacial score (nSPS) is 23.0. The van der Waals surface area contributed by atoms with Gasteiger partial charge in [0.15, 0.2) is 0 Å². The highest BCUT2D eigenvalue weighted by atomic mass is 16.5. The number of esters is 1. The maximum absolute atomic E-state index is 12.1. The number of carbonyl (C=O) groups excluding carboxylic acids is 1. The molecule has 0 N–H and O–H groups in total. The molecule has 1 aliphatic carbocycles. The lowest BCUT2D eigenvalue weighted by Gasteiger charge is -2.27. The Bertz CT molecular complexity index is 378. The predicted octanol–water partition coefficient (Wildman–Crippen LogP) is 4.59. The molecule has 1 aromatic rings. The molecule has 1 saturated carbocycles. The van der Waals surface area contributed by atoms with Crippen molar-refractivity contribution in [2.45, 2.75) is 51.9 Å². The molecule has 2 nitrogen and oxygen atoms in total. The lowest BCUT2D eigenvalue weighted by atomic mass is 9.80. The van der Waals surface area contributed by atoms with Crippen LogP contribution in [0.1, 0.15) is 51.9 Å². The van der Waals surface area contributed by atoms with Gasteiger partial charge in [-0.3, -0.25) is 4.79 Å². The molecule has 0 radical (unpaired) electrons. The Labute approximate surface area is 116 Å². The van der Waals surface area contributed by atoms with Crippen molar-refractivity contribution >= 4 is 5.97 Å². The molecule has 0 amide bonds. The molecule has 2 heteroatoms. The van der Waals surface area contributed by atoms with Gasteiger partial charge >= 0.3 is 5.97 Å². The number of benzene rings is 1. The molecule has 2 rings (SSSR count). The van der Waals surface area contributed by atoms with Gasteiger partial charge in [-0.25, -0.2) is 0 Å². The van der Waals surface area contributed by atoms with E-state index in [0.717, 1.165) is 18.8 Å². The average Bonchev–Trinajstić information content (AvgIpc) is 2.46. The topological polar surface area (TPSA) is 26.3 Å². The highest BCUT2D eigenvalue weighted by Crippen LogP contribution is 2.32. The highest BCUT2D eigenvalue weighted by molar-refractivity contribution is 5.75. The maximum atomic E-state index is 12.1. The van der Waals surface area contributed by atoms with Gasteiger partial charge < -0.3 is 4.74 Å². The first-order valence-electron chi connectivity index (χ1n) is 7.56. The fourth-order valence-electron chi connectivity index (χ4n) is 2.87. The number of hydrogen-bond acceptors (Lipinski definition) is 2. The molecule has 1 fully saturated rings. The van der Waals surface area contributed by atoms with Crippen molar-refractivity contribution in [2.24, 2.45) is 11.8 Å². The van der Waals surface area contributed by atoms with Crippen molar-refractivity contribution < 1.29 is 9.53 Å². The van der Waals surface area contributed by atoms with Crippen LogP contribution >= 0.6 is 0 Å². The van der Waals surface area contributed by atoms with E-state index in [-0.39, 0.29) is 11.9 Å². The van der Waals surface area contributed by atoms with Crippen molar-refractivity contribution in [1.29, 1.82) is 0 Å². The second kappa shape index (κ2) is 7.32. The van der Waals surface area contributed by atoms with Crippen LogP contribution in [-0.4, -0.2) is 5.97 Å². The van der Waals surface area contributed by atoms with E-state index >= 15 is 0 Å². The van der Waals surface area contributed by atoms with Crippen LogP contribution in [0.2, 0.25) is 0 Å². The molecule has 0 aliphatic heterocycles. The Balaban J connectivity index is 1.76. The highest BCUT2D eigenvalue weighted by Gasteiger charge is 2.27. The first kappa shape index (κ1) is 14.1. The van der Waals surface area contributed by atoms with E-state index in [4.69, 9.17) is 4.74 Å². The summed E-state index contributed by atoms with van der Waals surface area (Å²) in [6.07, 6.45) is 8.31. The Morgan fingerprint density at radius 2 is 1.84 bits per heavy atom. The van der Waals surface area contributed by atoms with E-state index in [1.165, 1.54) is 32.1 Å². The van der Waals surface area contributed by atoms with E-state index in [1.54, 1.807) is 0 Å². The minimum atomic E-state index is -0.0415. The van der Waals surface area contributed by atoms with Crippen LogP contribution in [0.5, 0.6) is 5.75 Å². The van der Waals surface area contributed by atoms with Gasteiger partial charge in [-0.15, -0.1) is 0 Å². The summed E-state index contributed by atoms with van der Waals surface area (Å²) in [5.74, 6) is 1.57. The summed E-state index contributed by atoms with van der Waals surface area (Å²) in [6, 6.07) is 9.39. The lowest BCUT2D eigenvalue weighted by Crippen LogP contribution is -2.25. The third-order valence-electron chi connectivity index (χ3n) is 4.11. The van der Waals surface area contributed by atoms with Gasteiger partial charge in [-0.1, -0.05) is 44.4 Å². The van der Waals surface area contributed by atoms with Crippen molar-refractivity contribution in [3.05, 3.63) is 30.3 Å². The zero-order valence-electron chi connectivity index (χ0n) is 11.8. The van der Waals surface area contributed by atoms with E-state index in [1.807, 2.05) is 30.3 Å². The third kappa shape index (κ3) is 4.38. The Hall–Kier alpha value is -1.31. The summed E-state index contributed by atoms with van der Waals surface area (Å²) in [5.41, 5.74) is 0. The van der Waals surface area contributed by atoms with Crippen molar-refractivity contribution in [3.63, 3.8) is 0 Å². The number of carbonyl (C=O) groups is 1. The maximum Gasteiger partial charge on any atom is 0.314 e. The van der Waals surface area contributed by atoms with Crippen LogP contribution in [0.4, 0.5) is 0 Å². The molecule has 0 aromatic heterocycles. The Kier molecular flexibility index (Phi) is 5.44. The van der Waals surface area contributed by atoms with Gasteiger partial charge in [0.05, 0.1) is 5.92 Å². The predicted molar refractivity (Wildman–Crippen MR) is 77.1 cm³/mol. The molecule has 0 bridgehead atoms. The molecule has 1 aliphatic rings. The van der Waals surface area contributed by atoms with Crippen LogP contribution in [0, 0.1) is 11.8 Å². The molecule has 0 atom stereocenters. The quantitative estimate of drug-likeness (QED) is 0.572.